The van der Waals surface area contributed by atoms with Gasteiger partial charge in [-0.1, -0.05) is 24.4 Å². The average molecular weight is 249 g/mol. The van der Waals surface area contributed by atoms with E-state index in [2.05, 4.69) is 18.2 Å². The first-order chi connectivity index (χ1) is 8.16. The van der Waals surface area contributed by atoms with Crippen LogP contribution in [0.25, 0.3) is 0 Å². The smallest absolute Gasteiger partial charge is 0.123 e. The summed E-state index contributed by atoms with van der Waals surface area (Å²) in [4.78, 5) is 0.516. The van der Waals surface area contributed by atoms with Crippen molar-refractivity contribution in [2.45, 2.75) is 45.1 Å². The Morgan fingerprint density at radius 1 is 1.41 bits per heavy atom. The zero-order valence-corrected chi connectivity index (χ0v) is 11.1. The number of benzene rings is 1. The van der Waals surface area contributed by atoms with Crippen LogP contribution >= 0.6 is 12.2 Å². The predicted octanol–water partition coefficient (Wildman–Crippen LogP) is 3.01. The summed E-state index contributed by atoms with van der Waals surface area (Å²) in [5, 5.41) is 0. The van der Waals surface area contributed by atoms with Gasteiger partial charge in [0.05, 0.1) is 4.99 Å². The molecule has 1 aromatic carbocycles. The van der Waals surface area contributed by atoms with Gasteiger partial charge in [-0.05, 0) is 49.8 Å². The lowest BCUT2D eigenvalue weighted by molar-refractivity contribution is 0.227. The van der Waals surface area contributed by atoms with Crippen molar-refractivity contribution < 1.29 is 4.74 Å². The molecule has 0 radical (unpaired) electrons. The van der Waals surface area contributed by atoms with Gasteiger partial charge in [0.2, 0.25) is 0 Å². The van der Waals surface area contributed by atoms with Gasteiger partial charge in [0.25, 0.3) is 0 Å². The van der Waals surface area contributed by atoms with E-state index in [-0.39, 0.29) is 6.10 Å². The van der Waals surface area contributed by atoms with Crippen LogP contribution < -0.4 is 10.5 Å². The second kappa shape index (κ2) is 5.50. The fourth-order valence-corrected chi connectivity index (χ4v) is 2.63. The molecule has 2 rings (SSSR count). The fraction of sp³-hybridized carbons (Fsp3) is 0.500. The first kappa shape index (κ1) is 12.4. The van der Waals surface area contributed by atoms with Gasteiger partial charge < -0.3 is 10.5 Å². The van der Waals surface area contributed by atoms with Crippen molar-refractivity contribution in [1.82, 2.24) is 0 Å². The van der Waals surface area contributed by atoms with Crippen LogP contribution in [0, 0.1) is 0 Å². The van der Waals surface area contributed by atoms with Crippen LogP contribution in [0.3, 0.4) is 0 Å². The number of hydrogen-bond acceptors (Lipinski definition) is 2. The lowest BCUT2D eigenvalue weighted by Gasteiger charge is -2.22. The normalized spacial score (nSPS) is 16.1. The van der Waals surface area contributed by atoms with E-state index in [0.29, 0.717) is 11.4 Å². The second-order valence-corrected chi connectivity index (χ2v) is 5.22. The van der Waals surface area contributed by atoms with Crippen LogP contribution in [0.4, 0.5) is 0 Å². The molecule has 2 N–H and O–H groups in total. The van der Waals surface area contributed by atoms with Crippen molar-refractivity contribution in [1.29, 1.82) is 0 Å². The molecule has 0 fully saturated rings. The molecule has 0 spiro atoms. The van der Waals surface area contributed by atoms with E-state index in [0.717, 1.165) is 12.2 Å². The molecule has 0 amide bonds. The number of rotatable bonds is 4. The van der Waals surface area contributed by atoms with E-state index in [1.807, 2.05) is 6.92 Å². The Labute approximate surface area is 108 Å². The topological polar surface area (TPSA) is 35.2 Å². The minimum atomic E-state index is 0.0564. The lowest BCUT2D eigenvalue weighted by atomic mass is 9.91. The molecule has 2 nitrogen and oxygen atoms in total. The summed E-state index contributed by atoms with van der Waals surface area (Å²) in [7, 11) is 0. The van der Waals surface area contributed by atoms with E-state index in [1.54, 1.807) is 0 Å². The second-order valence-electron chi connectivity index (χ2n) is 4.70. The summed E-state index contributed by atoms with van der Waals surface area (Å²) < 4.78 is 5.96. The first-order valence-electron chi connectivity index (χ1n) is 6.22. The van der Waals surface area contributed by atoms with Gasteiger partial charge in [0.1, 0.15) is 11.9 Å². The third-order valence-electron chi connectivity index (χ3n) is 3.17. The maximum Gasteiger partial charge on any atom is 0.123 e. The number of aryl methyl sites for hydroxylation is 1. The van der Waals surface area contributed by atoms with Crippen molar-refractivity contribution in [3.8, 4) is 5.75 Å². The van der Waals surface area contributed by atoms with Crippen LogP contribution in [0.5, 0.6) is 5.75 Å². The van der Waals surface area contributed by atoms with Crippen molar-refractivity contribution in [2.24, 2.45) is 5.73 Å². The van der Waals surface area contributed by atoms with E-state index in [9.17, 15) is 0 Å². The highest BCUT2D eigenvalue weighted by molar-refractivity contribution is 7.80. The predicted molar refractivity (Wildman–Crippen MR) is 74.6 cm³/mol. The van der Waals surface area contributed by atoms with Gasteiger partial charge >= 0.3 is 0 Å². The Morgan fingerprint density at radius 2 is 2.18 bits per heavy atom. The van der Waals surface area contributed by atoms with Gasteiger partial charge in [-0.3, -0.25) is 0 Å². The number of fused-ring (bicyclic) bond motifs is 1. The molecule has 0 bridgehead atoms. The van der Waals surface area contributed by atoms with Gasteiger partial charge in [0.15, 0.2) is 0 Å². The van der Waals surface area contributed by atoms with Crippen LogP contribution in [0.15, 0.2) is 18.2 Å². The summed E-state index contributed by atoms with van der Waals surface area (Å²) in [6.07, 6.45) is 5.55. The maximum atomic E-state index is 5.96. The molecule has 1 aliphatic carbocycles. The fourth-order valence-electron chi connectivity index (χ4n) is 2.40. The lowest BCUT2D eigenvalue weighted by Crippen LogP contribution is -2.21. The van der Waals surface area contributed by atoms with Crippen LogP contribution in [0.2, 0.25) is 0 Å². The Bertz CT molecular complexity index is 417. The molecule has 3 heteroatoms. The van der Waals surface area contributed by atoms with Crippen molar-refractivity contribution in [3.63, 3.8) is 0 Å². The minimum Gasteiger partial charge on any atom is -0.490 e. The van der Waals surface area contributed by atoms with Gasteiger partial charge in [0, 0.05) is 6.42 Å². The van der Waals surface area contributed by atoms with Crippen LogP contribution in [-0.4, -0.2) is 11.1 Å². The minimum absolute atomic E-state index is 0.0564. The highest BCUT2D eigenvalue weighted by Gasteiger charge is 2.15. The van der Waals surface area contributed by atoms with E-state index >= 15 is 0 Å². The largest absolute Gasteiger partial charge is 0.490 e. The average Bonchev–Trinajstić information content (AvgIpc) is 2.28. The van der Waals surface area contributed by atoms with Crippen molar-refractivity contribution in [3.05, 3.63) is 29.3 Å². The maximum absolute atomic E-state index is 5.96. The molecule has 17 heavy (non-hydrogen) atoms. The molecule has 0 heterocycles. The summed E-state index contributed by atoms with van der Waals surface area (Å²) in [6.45, 7) is 2.02. The summed E-state index contributed by atoms with van der Waals surface area (Å²) in [5.41, 5.74) is 8.36. The van der Waals surface area contributed by atoms with Crippen molar-refractivity contribution in [2.75, 3.05) is 0 Å². The van der Waals surface area contributed by atoms with Gasteiger partial charge in [-0.25, -0.2) is 0 Å². The molecule has 0 saturated heterocycles. The van der Waals surface area contributed by atoms with Crippen molar-refractivity contribution >= 4 is 17.2 Å². The zero-order valence-electron chi connectivity index (χ0n) is 10.2. The number of nitrogens with two attached hydrogens (primary N) is 1. The Morgan fingerprint density at radius 3 is 2.94 bits per heavy atom. The zero-order chi connectivity index (χ0) is 12.3. The van der Waals surface area contributed by atoms with E-state index in [4.69, 9.17) is 22.7 Å². The number of hydrogen-bond donors (Lipinski definition) is 1. The third-order valence-corrected chi connectivity index (χ3v) is 3.34. The van der Waals surface area contributed by atoms with Gasteiger partial charge in [-0.15, -0.1) is 0 Å². The van der Waals surface area contributed by atoms with E-state index < -0.39 is 0 Å². The summed E-state index contributed by atoms with van der Waals surface area (Å²) in [6, 6.07) is 6.34. The molecule has 1 aromatic rings. The molecular weight excluding hydrogens is 230 g/mol. The first-order valence-corrected chi connectivity index (χ1v) is 6.63. The monoisotopic (exact) mass is 249 g/mol. The van der Waals surface area contributed by atoms with E-state index in [1.165, 1.54) is 30.4 Å². The molecule has 1 unspecified atom stereocenters. The molecule has 0 saturated carbocycles. The Kier molecular flexibility index (Phi) is 4.00. The molecule has 0 aromatic heterocycles. The highest BCUT2D eigenvalue weighted by atomic mass is 32.1. The molecule has 1 aliphatic rings. The quantitative estimate of drug-likeness (QED) is 0.833. The number of ether oxygens (including phenoxy) is 1. The van der Waals surface area contributed by atoms with Crippen LogP contribution in [0.1, 0.15) is 37.3 Å². The molecule has 1 atom stereocenters. The standard InChI is InChI=1S/C14H19NOS/c1-10(9-14(15)17)16-13-8-4-6-11-5-2-3-7-12(11)13/h4,6,8,10H,2-3,5,7,9H2,1H3,(H2,15,17). The highest BCUT2D eigenvalue weighted by Crippen LogP contribution is 2.30. The summed E-state index contributed by atoms with van der Waals surface area (Å²) >= 11 is 4.91. The third kappa shape index (κ3) is 3.19. The SMILES string of the molecule is CC(CC(N)=S)Oc1cccc2c1CCCC2. The molecular formula is C14H19NOS. The summed E-state index contributed by atoms with van der Waals surface area (Å²) in [5.74, 6) is 1.02. The molecule has 0 aliphatic heterocycles. The molecule has 92 valence electrons. The number of thiocarbonyl (C=S) groups is 1. The van der Waals surface area contributed by atoms with Gasteiger partial charge in [-0.2, -0.15) is 0 Å². The van der Waals surface area contributed by atoms with Crippen LogP contribution in [-0.2, 0) is 12.8 Å². The Hall–Kier alpha value is -1.09. The Balaban J connectivity index is 2.13.